The van der Waals surface area contributed by atoms with Gasteiger partial charge >= 0.3 is 11.9 Å². The summed E-state index contributed by atoms with van der Waals surface area (Å²) in [4.78, 5) is 25.3. The van der Waals surface area contributed by atoms with Crippen LogP contribution in [0.5, 0.6) is 0 Å². The predicted octanol–water partition coefficient (Wildman–Crippen LogP) is 3.27. The van der Waals surface area contributed by atoms with Crippen molar-refractivity contribution in [3.05, 3.63) is 60.2 Å². The summed E-state index contributed by atoms with van der Waals surface area (Å²) in [7, 11) is -3.91. The average molecular weight is 492 g/mol. The van der Waals surface area contributed by atoms with E-state index in [-0.39, 0.29) is 23.9 Å². The number of aryl methyl sites for hydroxylation is 1. The van der Waals surface area contributed by atoms with Crippen LogP contribution in [0.25, 0.3) is 0 Å². The number of hydrogen-bond donors (Lipinski definition) is 2. The molecular weight excluding hydrogens is 466 g/mol. The van der Waals surface area contributed by atoms with Crippen molar-refractivity contribution in [3.63, 3.8) is 0 Å². The highest BCUT2D eigenvalue weighted by atomic mass is 32.2. The number of ether oxygens (including phenoxy) is 2. The topological polar surface area (TPSA) is 150 Å². The van der Waals surface area contributed by atoms with Gasteiger partial charge in [-0.3, -0.25) is 14.3 Å². The Balaban J connectivity index is 1.86. The van der Waals surface area contributed by atoms with Crippen LogP contribution >= 0.6 is 0 Å². The number of carbonyl (C=O) groups is 2. The van der Waals surface area contributed by atoms with E-state index in [0.717, 1.165) is 0 Å². The van der Waals surface area contributed by atoms with Gasteiger partial charge in [-0.25, -0.2) is 8.42 Å². The zero-order chi connectivity index (χ0) is 24.7. The maximum absolute atomic E-state index is 12.6. The van der Waals surface area contributed by atoms with Gasteiger partial charge in [-0.1, -0.05) is 5.16 Å². The zero-order valence-corrected chi connectivity index (χ0v) is 19.6. The second-order valence-electron chi connectivity index (χ2n) is 7.07. The SMILES string of the molecule is CCOC(=O)C(C(=O)OCC)[C@H](Nc1ccc(S(=O)(=O)Nc2cc(C)on2)cc1)c1ccco1. The van der Waals surface area contributed by atoms with Crippen molar-refractivity contribution >= 4 is 33.5 Å². The Bertz CT molecular complexity index is 1190. The Labute approximate surface area is 196 Å². The molecule has 0 aliphatic heterocycles. The van der Waals surface area contributed by atoms with Crippen LogP contribution in [0.4, 0.5) is 11.5 Å². The van der Waals surface area contributed by atoms with Gasteiger partial charge in [0.1, 0.15) is 17.6 Å². The standard InChI is InChI=1S/C22H25N3O8S/c1-4-30-21(26)19(22(27)31-5-2)20(17-7-6-12-32-17)23-15-8-10-16(11-9-15)34(28,29)25-18-13-14(3)33-24-18/h6-13,19-20,23H,4-5H2,1-3H3,(H,24,25)/t20-/m1/s1. The van der Waals surface area contributed by atoms with Gasteiger partial charge in [0.05, 0.1) is 24.4 Å². The molecule has 0 bridgehead atoms. The van der Waals surface area contributed by atoms with Crippen molar-refractivity contribution in [2.24, 2.45) is 5.92 Å². The lowest BCUT2D eigenvalue weighted by Crippen LogP contribution is -2.36. The molecule has 0 aliphatic carbocycles. The molecule has 2 heterocycles. The first-order chi connectivity index (χ1) is 16.2. The highest BCUT2D eigenvalue weighted by Crippen LogP contribution is 2.30. The molecule has 34 heavy (non-hydrogen) atoms. The normalized spacial score (nSPS) is 12.2. The van der Waals surface area contributed by atoms with Crippen LogP contribution < -0.4 is 10.0 Å². The van der Waals surface area contributed by atoms with E-state index in [1.54, 1.807) is 32.9 Å². The summed E-state index contributed by atoms with van der Waals surface area (Å²) in [6.07, 6.45) is 1.41. The molecule has 11 nitrogen and oxygen atoms in total. The summed E-state index contributed by atoms with van der Waals surface area (Å²) in [5.41, 5.74) is 0.427. The van der Waals surface area contributed by atoms with Crippen molar-refractivity contribution in [2.75, 3.05) is 23.3 Å². The molecular formula is C22H25N3O8S. The quantitative estimate of drug-likeness (QED) is 0.302. The highest BCUT2D eigenvalue weighted by Gasteiger charge is 2.40. The Hall–Kier alpha value is -3.80. The summed E-state index contributed by atoms with van der Waals surface area (Å²) < 4.78 is 48.0. The first-order valence-electron chi connectivity index (χ1n) is 10.4. The van der Waals surface area contributed by atoms with Gasteiger partial charge in [-0.05, 0) is 57.2 Å². The van der Waals surface area contributed by atoms with Gasteiger partial charge in [0, 0.05) is 11.8 Å². The lowest BCUT2D eigenvalue weighted by atomic mass is 9.97. The minimum atomic E-state index is -3.91. The fourth-order valence-corrected chi connectivity index (χ4v) is 4.12. The molecule has 2 aromatic heterocycles. The predicted molar refractivity (Wildman–Crippen MR) is 120 cm³/mol. The van der Waals surface area contributed by atoms with Gasteiger partial charge in [0.2, 0.25) is 0 Å². The molecule has 0 saturated carbocycles. The fraction of sp³-hybridized carbons (Fsp3) is 0.318. The van der Waals surface area contributed by atoms with E-state index in [0.29, 0.717) is 17.2 Å². The summed E-state index contributed by atoms with van der Waals surface area (Å²) in [5, 5.41) is 6.67. The molecule has 0 amide bonds. The molecule has 2 N–H and O–H groups in total. The zero-order valence-electron chi connectivity index (χ0n) is 18.8. The molecule has 3 rings (SSSR count). The van der Waals surface area contributed by atoms with Crippen LogP contribution in [-0.2, 0) is 29.1 Å². The van der Waals surface area contributed by atoms with E-state index in [9.17, 15) is 18.0 Å². The van der Waals surface area contributed by atoms with Crippen LogP contribution in [0.1, 0.15) is 31.4 Å². The number of carbonyl (C=O) groups excluding carboxylic acids is 2. The van der Waals surface area contributed by atoms with Gasteiger partial charge in [0.25, 0.3) is 10.0 Å². The van der Waals surface area contributed by atoms with Gasteiger partial charge in [-0.2, -0.15) is 0 Å². The molecule has 12 heteroatoms. The first kappa shape index (κ1) is 24.8. The number of hydrogen-bond acceptors (Lipinski definition) is 10. The van der Waals surface area contributed by atoms with E-state index in [2.05, 4.69) is 15.2 Å². The molecule has 1 aromatic carbocycles. The summed E-state index contributed by atoms with van der Waals surface area (Å²) in [6, 6.07) is 9.41. The molecule has 0 unspecified atom stereocenters. The van der Waals surface area contributed by atoms with E-state index in [1.165, 1.54) is 36.6 Å². The maximum Gasteiger partial charge on any atom is 0.322 e. The third-order valence-corrected chi connectivity index (χ3v) is 5.99. The second-order valence-corrected chi connectivity index (χ2v) is 8.75. The van der Waals surface area contributed by atoms with E-state index >= 15 is 0 Å². The Morgan fingerprint density at radius 1 is 1.06 bits per heavy atom. The molecule has 0 radical (unpaired) electrons. The van der Waals surface area contributed by atoms with Gasteiger partial charge < -0.3 is 23.7 Å². The Kier molecular flexibility index (Phi) is 7.95. The number of anilines is 2. The molecule has 0 fully saturated rings. The van der Waals surface area contributed by atoms with E-state index in [4.69, 9.17) is 18.4 Å². The number of esters is 2. The van der Waals surface area contributed by atoms with Crippen LogP contribution in [0.3, 0.4) is 0 Å². The lowest BCUT2D eigenvalue weighted by Gasteiger charge is -2.24. The summed E-state index contributed by atoms with van der Waals surface area (Å²) >= 11 is 0. The smallest absolute Gasteiger partial charge is 0.322 e. The van der Waals surface area contributed by atoms with Crippen LogP contribution in [0, 0.1) is 12.8 Å². The molecule has 182 valence electrons. The van der Waals surface area contributed by atoms with E-state index < -0.39 is 33.9 Å². The van der Waals surface area contributed by atoms with Crippen molar-refractivity contribution in [1.82, 2.24) is 5.16 Å². The number of rotatable bonds is 11. The minimum Gasteiger partial charge on any atom is -0.467 e. The number of nitrogens with one attached hydrogen (secondary N) is 2. The number of furan rings is 1. The maximum atomic E-state index is 12.6. The minimum absolute atomic E-state index is 0.0272. The number of nitrogens with zero attached hydrogens (tertiary/aromatic N) is 1. The fourth-order valence-electron chi connectivity index (χ4n) is 3.14. The summed E-state index contributed by atoms with van der Waals surface area (Å²) in [6.45, 7) is 5.04. The number of benzene rings is 1. The molecule has 0 aliphatic rings. The second kappa shape index (κ2) is 10.9. The third-order valence-electron chi connectivity index (χ3n) is 4.62. The van der Waals surface area contributed by atoms with Crippen LogP contribution in [0.15, 0.2) is 62.6 Å². The van der Waals surface area contributed by atoms with E-state index in [1.807, 2.05) is 0 Å². The molecule has 0 spiro atoms. The molecule has 0 saturated heterocycles. The van der Waals surface area contributed by atoms with Crippen molar-refractivity contribution in [1.29, 1.82) is 0 Å². The molecule has 1 atom stereocenters. The number of aromatic nitrogens is 1. The van der Waals surface area contributed by atoms with Crippen molar-refractivity contribution in [3.8, 4) is 0 Å². The van der Waals surface area contributed by atoms with Gasteiger partial charge in [0.15, 0.2) is 11.7 Å². The van der Waals surface area contributed by atoms with Crippen LogP contribution in [0.2, 0.25) is 0 Å². The first-order valence-corrected chi connectivity index (χ1v) is 11.9. The van der Waals surface area contributed by atoms with Crippen LogP contribution in [-0.4, -0.2) is 38.7 Å². The van der Waals surface area contributed by atoms with Crippen molar-refractivity contribution in [2.45, 2.75) is 31.7 Å². The number of sulfonamides is 1. The summed E-state index contributed by atoms with van der Waals surface area (Å²) in [5.74, 6) is -2.09. The average Bonchev–Trinajstić information content (AvgIpc) is 3.46. The Morgan fingerprint density at radius 2 is 1.71 bits per heavy atom. The Morgan fingerprint density at radius 3 is 2.21 bits per heavy atom. The van der Waals surface area contributed by atoms with Crippen molar-refractivity contribution < 1.29 is 36.4 Å². The largest absolute Gasteiger partial charge is 0.467 e. The van der Waals surface area contributed by atoms with Gasteiger partial charge in [-0.15, -0.1) is 0 Å². The monoisotopic (exact) mass is 491 g/mol. The third kappa shape index (κ3) is 5.95. The lowest BCUT2D eigenvalue weighted by molar-refractivity contribution is -0.162. The molecule has 3 aromatic rings. The highest BCUT2D eigenvalue weighted by molar-refractivity contribution is 7.92.